The van der Waals surface area contributed by atoms with Gasteiger partial charge in [0, 0.05) is 28.8 Å². The van der Waals surface area contributed by atoms with Crippen LogP contribution in [0.2, 0.25) is 0 Å². The Morgan fingerprint density at radius 2 is 1.48 bits per heavy atom. The number of quaternary nitrogens is 1. The van der Waals surface area contributed by atoms with E-state index in [0.717, 1.165) is 37.5 Å². The van der Waals surface area contributed by atoms with Gasteiger partial charge in [-0.15, -0.1) is 0 Å². The molecule has 5 nitrogen and oxygen atoms in total. The highest BCUT2D eigenvalue weighted by atomic mass is 16.5. The molecule has 1 saturated heterocycles. The lowest BCUT2D eigenvalue weighted by Crippen LogP contribution is -3.15. The fourth-order valence-electron chi connectivity index (χ4n) is 4.48. The standard InChI is InChI=1S/C28H30N2O3/c1-32-25-15-13-22(26(21-25)33-2)14-16-27(31)29-17-19-30(20-18-29)28(23-9-5-3-6-10-23)24-11-7-4-8-12-24/h3-16,21,28H,17-20H2,1-2H3/p+1/b16-14+. The molecule has 3 aromatic rings. The van der Waals surface area contributed by atoms with E-state index in [1.54, 1.807) is 20.3 Å². The molecule has 0 aliphatic carbocycles. The molecule has 3 aromatic carbocycles. The molecule has 1 heterocycles. The summed E-state index contributed by atoms with van der Waals surface area (Å²) < 4.78 is 10.7. The zero-order chi connectivity index (χ0) is 23.0. The van der Waals surface area contributed by atoms with Crippen LogP contribution in [0.15, 0.2) is 84.9 Å². The normalized spacial score (nSPS) is 14.6. The molecule has 4 rings (SSSR count). The average Bonchev–Trinajstić information content (AvgIpc) is 2.89. The zero-order valence-corrected chi connectivity index (χ0v) is 19.2. The van der Waals surface area contributed by atoms with E-state index in [9.17, 15) is 4.79 Å². The number of hydrogen-bond acceptors (Lipinski definition) is 3. The number of nitrogens with one attached hydrogen (secondary N) is 1. The second kappa shape index (κ2) is 10.8. The highest BCUT2D eigenvalue weighted by molar-refractivity contribution is 5.92. The number of piperazine rings is 1. The largest absolute Gasteiger partial charge is 0.497 e. The van der Waals surface area contributed by atoms with Crippen LogP contribution in [0.1, 0.15) is 22.7 Å². The van der Waals surface area contributed by atoms with Crippen molar-refractivity contribution in [3.8, 4) is 11.5 Å². The summed E-state index contributed by atoms with van der Waals surface area (Å²) in [6, 6.07) is 27.2. The van der Waals surface area contributed by atoms with Crippen LogP contribution < -0.4 is 14.4 Å². The molecule has 0 saturated carbocycles. The molecule has 1 aliphatic rings. The first-order valence-electron chi connectivity index (χ1n) is 11.3. The number of methoxy groups -OCH3 is 2. The van der Waals surface area contributed by atoms with E-state index in [1.165, 1.54) is 16.0 Å². The number of ether oxygens (including phenoxy) is 2. The Labute approximate surface area is 195 Å². The SMILES string of the molecule is COc1ccc(/C=C/C(=O)N2CC[NH+](C(c3ccccc3)c3ccccc3)CC2)c(OC)c1. The second-order valence-electron chi connectivity index (χ2n) is 8.18. The van der Waals surface area contributed by atoms with Gasteiger partial charge in [0.05, 0.1) is 40.4 Å². The Morgan fingerprint density at radius 3 is 2.03 bits per heavy atom. The molecule has 0 radical (unpaired) electrons. The zero-order valence-electron chi connectivity index (χ0n) is 19.2. The Bertz CT molecular complexity index is 1040. The van der Waals surface area contributed by atoms with Crippen molar-refractivity contribution in [2.75, 3.05) is 40.4 Å². The van der Waals surface area contributed by atoms with Crippen LogP contribution >= 0.6 is 0 Å². The van der Waals surface area contributed by atoms with Crippen molar-refractivity contribution in [3.63, 3.8) is 0 Å². The van der Waals surface area contributed by atoms with Crippen molar-refractivity contribution >= 4 is 12.0 Å². The minimum atomic E-state index is 0.0305. The summed E-state index contributed by atoms with van der Waals surface area (Å²) in [6.07, 6.45) is 3.46. The van der Waals surface area contributed by atoms with Gasteiger partial charge in [0.25, 0.3) is 0 Å². The molecule has 1 amide bonds. The summed E-state index contributed by atoms with van der Waals surface area (Å²) in [5.74, 6) is 1.44. The van der Waals surface area contributed by atoms with Gasteiger partial charge in [-0.2, -0.15) is 0 Å². The number of hydrogen-bond donors (Lipinski definition) is 1. The summed E-state index contributed by atoms with van der Waals surface area (Å²) in [5, 5.41) is 0. The highest BCUT2D eigenvalue weighted by Gasteiger charge is 2.30. The molecule has 0 atom stereocenters. The Morgan fingerprint density at radius 1 is 0.879 bits per heavy atom. The van der Waals surface area contributed by atoms with E-state index in [2.05, 4.69) is 60.7 Å². The first-order valence-corrected chi connectivity index (χ1v) is 11.3. The lowest BCUT2D eigenvalue weighted by atomic mass is 9.96. The molecular weight excluding hydrogens is 412 g/mol. The number of carbonyl (C=O) groups excluding carboxylic acids is 1. The van der Waals surface area contributed by atoms with Crippen molar-refractivity contribution in [1.82, 2.24) is 4.90 Å². The van der Waals surface area contributed by atoms with Crippen molar-refractivity contribution in [3.05, 3.63) is 102 Å². The fourth-order valence-corrected chi connectivity index (χ4v) is 4.48. The van der Waals surface area contributed by atoms with Gasteiger partial charge in [-0.05, 0) is 18.2 Å². The van der Waals surface area contributed by atoms with Gasteiger partial charge in [-0.25, -0.2) is 0 Å². The first kappa shape index (κ1) is 22.6. The Balaban J connectivity index is 1.43. The maximum atomic E-state index is 12.9. The van der Waals surface area contributed by atoms with Crippen molar-refractivity contribution in [2.24, 2.45) is 0 Å². The second-order valence-corrected chi connectivity index (χ2v) is 8.18. The van der Waals surface area contributed by atoms with Crippen LogP contribution in [-0.4, -0.2) is 51.2 Å². The molecule has 0 spiro atoms. The quantitative estimate of drug-likeness (QED) is 0.570. The summed E-state index contributed by atoms with van der Waals surface area (Å²) >= 11 is 0. The molecule has 0 bridgehead atoms. The molecule has 0 aromatic heterocycles. The van der Waals surface area contributed by atoms with Crippen LogP contribution in [-0.2, 0) is 4.79 Å². The van der Waals surface area contributed by atoms with E-state index in [1.807, 2.05) is 29.2 Å². The number of benzene rings is 3. The smallest absolute Gasteiger partial charge is 0.246 e. The van der Waals surface area contributed by atoms with Crippen LogP contribution in [0, 0.1) is 0 Å². The van der Waals surface area contributed by atoms with Gasteiger partial charge in [-0.3, -0.25) is 4.79 Å². The Kier molecular flexibility index (Phi) is 7.43. The molecule has 1 N–H and O–H groups in total. The number of rotatable bonds is 7. The fraction of sp³-hybridized carbons (Fsp3) is 0.250. The van der Waals surface area contributed by atoms with E-state index < -0.39 is 0 Å². The summed E-state index contributed by atoms with van der Waals surface area (Å²) in [4.78, 5) is 16.3. The molecule has 1 fully saturated rings. The number of amides is 1. The molecule has 33 heavy (non-hydrogen) atoms. The van der Waals surface area contributed by atoms with Crippen LogP contribution in [0.5, 0.6) is 11.5 Å². The monoisotopic (exact) mass is 443 g/mol. The van der Waals surface area contributed by atoms with Crippen molar-refractivity contribution < 1.29 is 19.2 Å². The minimum absolute atomic E-state index is 0.0305. The highest BCUT2D eigenvalue weighted by Crippen LogP contribution is 2.25. The van der Waals surface area contributed by atoms with E-state index in [-0.39, 0.29) is 11.9 Å². The third-order valence-electron chi connectivity index (χ3n) is 6.24. The number of nitrogens with zero attached hydrogens (tertiary/aromatic N) is 1. The van der Waals surface area contributed by atoms with Gasteiger partial charge in [0.1, 0.15) is 17.5 Å². The Hall–Kier alpha value is -3.57. The van der Waals surface area contributed by atoms with Gasteiger partial charge in [-0.1, -0.05) is 60.7 Å². The summed E-state index contributed by atoms with van der Waals surface area (Å²) in [6.45, 7) is 3.27. The molecule has 170 valence electrons. The predicted octanol–water partition coefficient (Wildman–Crippen LogP) is 3.23. The van der Waals surface area contributed by atoms with Crippen molar-refractivity contribution in [1.29, 1.82) is 0 Å². The third kappa shape index (κ3) is 5.44. The summed E-state index contributed by atoms with van der Waals surface area (Å²) in [7, 11) is 3.24. The van der Waals surface area contributed by atoms with Crippen molar-refractivity contribution in [2.45, 2.75) is 6.04 Å². The molecule has 1 aliphatic heterocycles. The number of carbonyl (C=O) groups is 1. The predicted molar refractivity (Wildman–Crippen MR) is 131 cm³/mol. The minimum Gasteiger partial charge on any atom is -0.497 e. The van der Waals surface area contributed by atoms with E-state index >= 15 is 0 Å². The molecular formula is C28H31N2O3+. The van der Waals surface area contributed by atoms with E-state index in [0.29, 0.717) is 5.75 Å². The van der Waals surface area contributed by atoms with Crippen LogP contribution in [0.3, 0.4) is 0 Å². The molecule has 0 unspecified atom stereocenters. The van der Waals surface area contributed by atoms with Gasteiger partial charge < -0.3 is 19.3 Å². The maximum Gasteiger partial charge on any atom is 0.246 e. The van der Waals surface area contributed by atoms with Gasteiger partial charge in [0.2, 0.25) is 5.91 Å². The van der Waals surface area contributed by atoms with E-state index in [4.69, 9.17) is 9.47 Å². The topological polar surface area (TPSA) is 43.2 Å². The first-order chi connectivity index (χ1) is 16.2. The van der Waals surface area contributed by atoms with Gasteiger partial charge >= 0.3 is 0 Å². The van der Waals surface area contributed by atoms with Gasteiger partial charge in [0.15, 0.2) is 0 Å². The molecule has 5 heteroatoms. The average molecular weight is 444 g/mol. The lowest BCUT2D eigenvalue weighted by Gasteiger charge is -2.36. The third-order valence-corrected chi connectivity index (χ3v) is 6.24. The van der Waals surface area contributed by atoms with Crippen LogP contribution in [0.4, 0.5) is 0 Å². The van der Waals surface area contributed by atoms with Crippen LogP contribution in [0.25, 0.3) is 6.08 Å². The summed E-state index contributed by atoms with van der Waals surface area (Å²) in [5.41, 5.74) is 3.47. The maximum absolute atomic E-state index is 12.9. The lowest BCUT2D eigenvalue weighted by molar-refractivity contribution is -0.929.